The Balaban J connectivity index is 2.28. The van der Waals surface area contributed by atoms with Crippen molar-refractivity contribution in [3.63, 3.8) is 0 Å². The van der Waals surface area contributed by atoms with Gasteiger partial charge in [-0.2, -0.15) is 0 Å². The van der Waals surface area contributed by atoms with E-state index in [4.69, 9.17) is 5.21 Å². The fraction of sp³-hybridized carbons (Fsp3) is 0.800. The van der Waals surface area contributed by atoms with Crippen molar-refractivity contribution >= 4 is 22.7 Å². The Kier molecular flexibility index (Phi) is 5.53. The van der Waals surface area contributed by atoms with Gasteiger partial charge in [0.1, 0.15) is 5.04 Å². The van der Waals surface area contributed by atoms with Crippen LogP contribution in [0.1, 0.15) is 32.6 Å². The quantitative estimate of drug-likeness (QED) is 0.446. The van der Waals surface area contributed by atoms with Crippen molar-refractivity contribution in [3.8, 4) is 0 Å². The summed E-state index contributed by atoms with van der Waals surface area (Å²) in [6.07, 6.45) is 4.63. The van der Waals surface area contributed by atoms with Gasteiger partial charge in [-0.1, -0.05) is 43.1 Å². The van der Waals surface area contributed by atoms with Crippen LogP contribution in [0.4, 0.5) is 0 Å². The summed E-state index contributed by atoms with van der Waals surface area (Å²) in [7, 11) is 0. The summed E-state index contributed by atoms with van der Waals surface area (Å²) in [5.41, 5.74) is 0. The van der Waals surface area contributed by atoms with Gasteiger partial charge in [0, 0.05) is 6.54 Å². The minimum absolute atomic E-state index is 0.156. The Morgan fingerprint density at radius 1 is 1.47 bits per heavy atom. The fourth-order valence-electron chi connectivity index (χ4n) is 1.53. The van der Waals surface area contributed by atoms with E-state index in [0.717, 1.165) is 13.0 Å². The van der Waals surface area contributed by atoms with Crippen LogP contribution in [0.2, 0.25) is 0 Å². The summed E-state index contributed by atoms with van der Waals surface area (Å²) in [6.45, 7) is 3.43. The molecule has 0 unspecified atom stereocenters. The van der Waals surface area contributed by atoms with E-state index >= 15 is 0 Å². The van der Waals surface area contributed by atoms with Crippen molar-refractivity contribution in [1.82, 2.24) is 4.90 Å². The largest absolute Gasteiger partial charge is 0.410 e. The molecule has 0 aromatic heterocycles. The highest BCUT2D eigenvalue weighted by molar-refractivity contribution is 8.14. The summed E-state index contributed by atoms with van der Waals surface area (Å²) in [5.74, 6) is 0.566. The van der Waals surface area contributed by atoms with Gasteiger partial charge >= 0.3 is 0 Å². The summed E-state index contributed by atoms with van der Waals surface area (Å²) in [4.78, 5) is 13.3. The number of nitrogens with zero attached hydrogens (tertiary/aromatic N) is 2. The standard InChI is InChI=1S/C10H18N2O2S/c1-2-3-4-5-6-12-7-9(11-14)15-8-10(12)13/h14H,2-8H2,1H3. The first-order valence-corrected chi connectivity index (χ1v) is 6.38. The molecule has 0 aromatic rings. The number of hydrogen-bond acceptors (Lipinski definition) is 4. The lowest BCUT2D eigenvalue weighted by atomic mass is 10.2. The monoisotopic (exact) mass is 230 g/mol. The number of oxime groups is 1. The molecule has 15 heavy (non-hydrogen) atoms. The molecule has 1 rings (SSSR count). The first kappa shape index (κ1) is 12.4. The molecule has 4 nitrogen and oxygen atoms in total. The predicted octanol–water partition coefficient (Wildman–Crippen LogP) is 1.93. The van der Waals surface area contributed by atoms with Gasteiger partial charge in [0.2, 0.25) is 5.91 Å². The van der Waals surface area contributed by atoms with Crippen LogP contribution >= 0.6 is 11.8 Å². The van der Waals surface area contributed by atoms with Crippen LogP contribution in [0.5, 0.6) is 0 Å². The van der Waals surface area contributed by atoms with Gasteiger partial charge < -0.3 is 10.1 Å². The topological polar surface area (TPSA) is 52.9 Å². The average Bonchev–Trinajstić information content (AvgIpc) is 2.26. The van der Waals surface area contributed by atoms with E-state index in [1.807, 2.05) is 0 Å². The number of carbonyl (C=O) groups is 1. The third-order valence-corrected chi connectivity index (χ3v) is 3.37. The molecule has 0 aliphatic carbocycles. The molecule has 0 aromatic carbocycles. The zero-order valence-corrected chi connectivity index (χ0v) is 9.92. The lowest BCUT2D eigenvalue weighted by molar-refractivity contribution is -0.127. The molecule has 1 heterocycles. The second kappa shape index (κ2) is 6.71. The van der Waals surface area contributed by atoms with Crippen LogP contribution in [0.3, 0.4) is 0 Å². The highest BCUT2D eigenvalue weighted by Crippen LogP contribution is 2.15. The Hall–Kier alpha value is -0.710. The zero-order valence-electron chi connectivity index (χ0n) is 9.11. The predicted molar refractivity (Wildman–Crippen MR) is 62.4 cm³/mol. The minimum Gasteiger partial charge on any atom is -0.410 e. The van der Waals surface area contributed by atoms with E-state index < -0.39 is 0 Å². The molecule has 0 spiro atoms. The summed E-state index contributed by atoms with van der Waals surface area (Å²) in [5, 5.41) is 12.4. The van der Waals surface area contributed by atoms with E-state index in [0.29, 0.717) is 17.3 Å². The second-order valence-electron chi connectivity index (χ2n) is 3.66. The maximum atomic E-state index is 11.5. The Morgan fingerprint density at radius 3 is 2.93 bits per heavy atom. The molecule has 0 radical (unpaired) electrons. The van der Waals surface area contributed by atoms with Crippen LogP contribution in [0.25, 0.3) is 0 Å². The van der Waals surface area contributed by atoms with Gasteiger partial charge in [0.15, 0.2) is 0 Å². The SMILES string of the molecule is CCCCCCN1CC(=NO)SCC1=O. The molecule has 1 fully saturated rings. The summed E-state index contributed by atoms with van der Waals surface area (Å²) in [6, 6.07) is 0. The first-order valence-electron chi connectivity index (χ1n) is 5.39. The van der Waals surface area contributed by atoms with Gasteiger partial charge in [-0.25, -0.2) is 0 Å². The Morgan fingerprint density at radius 2 is 2.27 bits per heavy atom. The van der Waals surface area contributed by atoms with E-state index in [9.17, 15) is 4.79 Å². The molecule has 0 bridgehead atoms. The molecule has 1 aliphatic heterocycles. The molecule has 1 saturated heterocycles. The third kappa shape index (κ3) is 4.11. The van der Waals surface area contributed by atoms with E-state index in [-0.39, 0.29) is 5.91 Å². The smallest absolute Gasteiger partial charge is 0.233 e. The van der Waals surface area contributed by atoms with E-state index in [2.05, 4.69) is 12.1 Å². The number of unbranched alkanes of at least 4 members (excludes halogenated alkanes) is 3. The number of rotatable bonds is 5. The molecule has 1 N–H and O–H groups in total. The number of hydrogen-bond donors (Lipinski definition) is 1. The van der Waals surface area contributed by atoms with Crippen molar-refractivity contribution in [2.75, 3.05) is 18.8 Å². The number of amides is 1. The first-order chi connectivity index (χ1) is 7.27. The van der Waals surface area contributed by atoms with Gasteiger partial charge in [-0.05, 0) is 6.42 Å². The van der Waals surface area contributed by atoms with Gasteiger partial charge in [-0.15, -0.1) is 0 Å². The Bertz CT molecular complexity index is 244. The van der Waals surface area contributed by atoms with Crippen LogP contribution in [0, 0.1) is 0 Å². The molecule has 1 amide bonds. The number of thioether (sulfide) groups is 1. The molecule has 0 saturated carbocycles. The lowest BCUT2D eigenvalue weighted by Gasteiger charge is -2.26. The molecular weight excluding hydrogens is 212 g/mol. The molecule has 5 heteroatoms. The summed E-state index contributed by atoms with van der Waals surface area (Å²) < 4.78 is 0. The van der Waals surface area contributed by atoms with Crippen LogP contribution < -0.4 is 0 Å². The van der Waals surface area contributed by atoms with E-state index in [1.165, 1.54) is 31.0 Å². The van der Waals surface area contributed by atoms with Crippen molar-refractivity contribution in [2.24, 2.45) is 5.16 Å². The molecular formula is C10H18N2O2S. The van der Waals surface area contributed by atoms with Crippen molar-refractivity contribution in [1.29, 1.82) is 0 Å². The lowest BCUT2D eigenvalue weighted by Crippen LogP contribution is -2.41. The maximum absolute atomic E-state index is 11.5. The fourth-order valence-corrected chi connectivity index (χ4v) is 2.30. The minimum atomic E-state index is 0.156. The zero-order chi connectivity index (χ0) is 11.1. The maximum Gasteiger partial charge on any atom is 0.233 e. The van der Waals surface area contributed by atoms with Gasteiger partial charge in [0.05, 0.1) is 12.3 Å². The number of carbonyl (C=O) groups excluding carboxylic acids is 1. The third-order valence-electron chi connectivity index (χ3n) is 2.43. The summed E-state index contributed by atoms with van der Waals surface area (Å²) >= 11 is 1.33. The van der Waals surface area contributed by atoms with Crippen LogP contribution in [0.15, 0.2) is 5.16 Å². The van der Waals surface area contributed by atoms with Crippen LogP contribution in [-0.2, 0) is 4.79 Å². The van der Waals surface area contributed by atoms with Gasteiger partial charge in [-0.3, -0.25) is 4.79 Å². The highest BCUT2D eigenvalue weighted by Gasteiger charge is 2.22. The Labute approximate surface area is 94.7 Å². The molecule has 0 atom stereocenters. The molecule has 1 aliphatic rings. The van der Waals surface area contributed by atoms with Crippen LogP contribution in [-0.4, -0.2) is 39.9 Å². The average molecular weight is 230 g/mol. The van der Waals surface area contributed by atoms with E-state index in [1.54, 1.807) is 4.90 Å². The van der Waals surface area contributed by atoms with Crippen molar-refractivity contribution < 1.29 is 10.0 Å². The second-order valence-corrected chi connectivity index (χ2v) is 4.71. The normalized spacial score (nSPS) is 19.9. The highest BCUT2D eigenvalue weighted by atomic mass is 32.2. The molecule has 86 valence electrons. The van der Waals surface area contributed by atoms with Crippen molar-refractivity contribution in [3.05, 3.63) is 0 Å². The van der Waals surface area contributed by atoms with Crippen molar-refractivity contribution in [2.45, 2.75) is 32.6 Å². The van der Waals surface area contributed by atoms with Gasteiger partial charge in [0.25, 0.3) is 0 Å².